The summed E-state index contributed by atoms with van der Waals surface area (Å²) in [5.74, 6) is -0.510. The molecular formula is C21H20N6O2S. The van der Waals surface area contributed by atoms with Gasteiger partial charge < -0.3 is 5.32 Å². The maximum atomic E-state index is 12.9. The van der Waals surface area contributed by atoms with E-state index in [-0.39, 0.29) is 17.9 Å². The molecule has 0 unspecified atom stereocenters. The zero-order valence-corrected chi connectivity index (χ0v) is 17.5. The molecule has 2 N–H and O–H groups in total. The Bertz CT molecular complexity index is 1210. The van der Waals surface area contributed by atoms with Gasteiger partial charge in [-0.15, -0.1) is 11.3 Å². The molecule has 0 spiro atoms. The summed E-state index contributed by atoms with van der Waals surface area (Å²) in [6.07, 6.45) is 3.30. The lowest BCUT2D eigenvalue weighted by atomic mass is 10.1. The fourth-order valence-electron chi connectivity index (χ4n) is 3.07. The summed E-state index contributed by atoms with van der Waals surface area (Å²) in [7, 11) is 0. The summed E-state index contributed by atoms with van der Waals surface area (Å²) in [5.41, 5.74) is 3.00. The van der Waals surface area contributed by atoms with Crippen LogP contribution in [0.5, 0.6) is 0 Å². The minimum atomic E-state index is -0.256. The Balaban J connectivity index is 1.53. The number of hydrogen-bond acceptors (Lipinski definition) is 6. The van der Waals surface area contributed by atoms with Crippen molar-refractivity contribution in [3.63, 3.8) is 0 Å². The second-order valence-electron chi connectivity index (χ2n) is 7.05. The van der Waals surface area contributed by atoms with Crippen molar-refractivity contribution in [1.29, 1.82) is 0 Å². The van der Waals surface area contributed by atoms with Gasteiger partial charge in [0.2, 0.25) is 0 Å². The summed E-state index contributed by atoms with van der Waals surface area (Å²) in [6.45, 7) is 5.88. The quantitative estimate of drug-likeness (QED) is 0.502. The van der Waals surface area contributed by atoms with Gasteiger partial charge in [-0.25, -0.2) is 14.6 Å². The van der Waals surface area contributed by atoms with Crippen molar-refractivity contribution in [3.8, 4) is 0 Å². The van der Waals surface area contributed by atoms with Crippen molar-refractivity contribution >= 4 is 45.0 Å². The lowest BCUT2D eigenvalue weighted by Gasteiger charge is -2.10. The van der Waals surface area contributed by atoms with Crippen molar-refractivity contribution in [3.05, 3.63) is 64.9 Å². The molecule has 0 saturated heterocycles. The predicted octanol–water partition coefficient (Wildman–Crippen LogP) is 4.28. The van der Waals surface area contributed by atoms with Gasteiger partial charge in [-0.1, -0.05) is 0 Å². The van der Waals surface area contributed by atoms with E-state index in [9.17, 15) is 9.59 Å². The molecule has 0 radical (unpaired) electrons. The number of aryl methyl sites for hydroxylation is 1. The van der Waals surface area contributed by atoms with Crippen molar-refractivity contribution in [1.82, 2.24) is 19.7 Å². The highest BCUT2D eigenvalue weighted by Crippen LogP contribution is 2.22. The Morgan fingerprint density at radius 1 is 1.10 bits per heavy atom. The molecule has 0 fully saturated rings. The van der Waals surface area contributed by atoms with E-state index in [2.05, 4.69) is 25.7 Å². The Hall–Kier alpha value is -3.59. The molecule has 4 rings (SSSR count). The summed E-state index contributed by atoms with van der Waals surface area (Å²) in [6, 6.07) is 8.58. The molecule has 0 bridgehead atoms. The number of fused-ring (bicyclic) bond motifs is 1. The SMILES string of the molecule is Cc1cc(C(=O)Nc2ccc(C(=O)Nc3nccs3)cc2)c2cnn(C(C)C)c2n1. The van der Waals surface area contributed by atoms with Crippen LogP contribution in [0.3, 0.4) is 0 Å². The van der Waals surface area contributed by atoms with E-state index in [4.69, 9.17) is 0 Å². The van der Waals surface area contributed by atoms with Gasteiger partial charge in [0.15, 0.2) is 10.8 Å². The Morgan fingerprint density at radius 3 is 2.53 bits per heavy atom. The number of nitrogens with zero attached hydrogens (tertiary/aromatic N) is 4. The monoisotopic (exact) mass is 420 g/mol. The largest absolute Gasteiger partial charge is 0.322 e. The predicted molar refractivity (Wildman–Crippen MR) is 117 cm³/mol. The third-order valence-corrected chi connectivity index (χ3v) is 5.17. The highest BCUT2D eigenvalue weighted by molar-refractivity contribution is 7.13. The molecule has 0 saturated carbocycles. The van der Waals surface area contributed by atoms with Crippen LogP contribution < -0.4 is 10.6 Å². The lowest BCUT2D eigenvalue weighted by molar-refractivity contribution is 0.102. The number of rotatable bonds is 5. The summed E-state index contributed by atoms with van der Waals surface area (Å²) in [5, 5.41) is 13.0. The number of pyridine rings is 1. The third kappa shape index (κ3) is 3.92. The fraction of sp³-hybridized carbons (Fsp3) is 0.190. The number of carbonyl (C=O) groups excluding carboxylic acids is 2. The summed E-state index contributed by atoms with van der Waals surface area (Å²) >= 11 is 1.35. The van der Waals surface area contributed by atoms with Gasteiger partial charge in [0, 0.05) is 34.6 Å². The normalized spacial score (nSPS) is 11.1. The van der Waals surface area contributed by atoms with Crippen LogP contribution in [0.25, 0.3) is 11.0 Å². The first kappa shape index (κ1) is 19.7. The van der Waals surface area contributed by atoms with E-state index in [1.807, 2.05) is 20.8 Å². The fourth-order valence-corrected chi connectivity index (χ4v) is 3.59. The maximum absolute atomic E-state index is 12.9. The zero-order chi connectivity index (χ0) is 21.3. The second-order valence-corrected chi connectivity index (χ2v) is 7.95. The highest BCUT2D eigenvalue weighted by Gasteiger charge is 2.17. The van der Waals surface area contributed by atoms with Gasteiger partial charge in [0.05, 0.1) is 17.1 Å². The van der Waals surface area contributed by atoms with Crippen molar-refractivity contribution in [2.24, 2.45) is 0 Å². The van der Waals surface area contributed by atoms with Crippen LogP contribution in [0.15, 0.2) is 48.1 Å². The van der Waals surface area contributed by atoms with Crippen LogP contribution >= 0.6 is 11.3 Å². The number of carbonyl (C=O) groups is 2. The van der Waals surface area contributed by atoms with Gasteiger partial charge in [-0.05, 0) is 51.1 Å². The number of amides is 2. The Labute approximate surface area is 177 Å². The van der Waals surface area contributed by atoms with E-state index in [1.165, 1.54) is 11.3 Å². The molecule has 4 aromatic rings. The van der Waals surface area contributed by atoms with Gasteiger partial charge in [0.25, 0.3) is 11.8 Å². The molecule has 8 nitrogen and oxygen atoms in total. The topological polar surface area (TPSA) is 102 Å². The second kappa shape index (κ2) is 8.03. The van der Waals surface area contributed by atoms with E-state index in [0.29, 0.717) is 33.0 Å². The smallest absolute Gasteiger partial charge is 0.257 e. The molecule has 0 atom stereocenters. The molecule has 1 aromatic carbocycles. The first-order valence-electron chi connectivity index (χ1n) is 9.39. The van der Waals surface area contributed by atoms with Crippen LogP contribution in [0.1, 0.15) is 46.3 Å². The van der Waals surface area contributed by atoms with Crippen molar-refractivity contribution in [2.75, 3.05) is 10.6 Å². The molecule has 0 aliphatic rings. The highest BCUT2D eigenvalue weighted by atomic mass is 32.1. The van der Waals surface area contributed by atoms with E-state index in [0.717, 1.165) is 5.69 Å². The number of thiazole rings is 1. The average Bonchev–Trinajstić information content (AvgIpc) is 3.37. The van der Waals surface area contributed by atoms with Crippen LogP contribution in [-0.2, 0) is 0 Å². The number of aromatic nitrogens is 4. The van der Waals surface area contributed by atoms with Gasteiger partial charge in [-0.2, -0.15) is 5.10 Å². The molecular weight excluding hydrogens is 400 g/mol. The minimum absolute atomic E-state index is 0.135. The van der Waals surface area contributed by atoms with Crippen molar-refractivity contribution in [2.45, 2.75) is 26.8 Å². The zero-order valence-electron chi connectivity index (χ0n) is 16.7. The van der Waals surface area contributed by atoms with E-state index < -0.39 is 0 Å². The molecule has 3 heterocycles. The number of nitrogens with one attached hydrogen (secondary N) is 2. The Kier molecular flexibility index (Phi) is 5.28. The van der Waals surface area contributed by atoms with Gasteiger partial charge >= 0.3 is 0 Å². The number of benzene rings is 1. The van der Waals surface area contributed by atoms with Crippen LogP contribution in [-0.4, -0.2) is 31.6 Å². The first-order valence-corrected chi connectivity index (χ1v) is 10.3. The van der Waals surface area contributed by atoms with E-state index in [1.54, 1.807) is 52.8 Å². The molecule has 30 heavy (non-hydrogen) atoms. The number of hydrogen-bond donors (Lipinski definition) is 2. The molecule has 9 heteroatoms. The average molecular weight is 420 g/mol. The molecule has 0 aliphatic carbocycles. The molecule has 3 aromatic heterocycles. The van der Waals surface area contributed by atoms with Crippen LogP contribution in [0.4, 0.5) is 10.8 Å². The van der Waals surface area contributed by atoms with Gasteiger partial charge in [0.1, 0.15) is 0 Å². The third-order valence-electron chi connectivity index (χ3n) is 4.49. The minimum Gasteiger partial charge on any atom is -0.322 e. The molecule has 2 amide bonds. The van der Waals surface area contributed by atoms with Crippen molar-refractivity contribution < 1.29 is 9.59 Å². The van der Waals surface area contributed by atoms with E-state index >= 15 is 0 Å². The van der Waals surface area contributed by atoms with Crippen LogP contribution in [0, 0.1) is 6.92 Å². The standard InChI is InChI=1S/C21H20N6O2S/c1-12(2)27-18-17(11-23-27)16(10-13(3)24-18)20(29)25-15-6-4-14(5-7-15)19(28)26-21-22-8-9-30-21/h4-12H,1-3H3,(H,25,29)(H,22,26,28). The summed E-state index contributed by atoms with van der Waals surface area (Å²) in [4.78, 5) is 33.8. The molecule has 0 aliphatic heterocycles. The maximum Gasteiger partial charge on any atom is 0.257 e. The molecule has 152 valence electrons. The first-order chi connectivity index (χ1) is 14.4. The number of anilines is 2. The van der Waals surface area contributed by atoms with Crippen LogP contribution in [0.2, 0.25) is 0 Å². The lowest BCUT2D eigenvalue weighted by Crippen LogP contribution is -2.14. The Morgan fingerprint density at radius 2 is 1.87 bits per heavy atom. The summed E-state index contributed by atoms with van der Waals surface area (Å²) < 4.78 is 1.80. The van der Waals surface area contributed by atoms with Gasteiger partial charge in [-0.3, -0.25) is 14.9 Å².